The molecule has 0 saturated carbocycles. The fraction of sp³-hybridized carbons (Fsp3) is 1.00. The van der Waals surface area contributed by atoms with E-state index in [0.29, 0.717) is 12.2 Å². The maximum absolute atomic E-state index is 5.80. The van der Waals surface area contributed by atoms with Crippen molar-refractivity contribution in [2.24, 2.45) is 5.92 Å². The van der Waals surface area contributed by atoms with Gasteiger partial charge in [0.25, 0.3) is 0 Å². The third-order valence-corrected chi connectivity index (χ3v) is 4.17. The molecule has 102 valence electrons. The summed E-state index contributed by atoms with van der Waals surface area (Å²) in [6.07, 6.45) is 15.1. The molecule has 3 atom stereocenters. The van der Waals surface area contributed by atoms with Crippen LogP contribution in [0, 0.1) is 5.92 Å². The Bertz CT molecular complexity index is 178. The van der Waals surface area contributed by atoms with Crippen LogP contribution >= 0.6 is 0 Å². The first kappa shape index (κ1) is 15.0. The zero-order valence-corrected chi connectivity index (χ0v) is 12.2. The number of hydrogen-bond acceptors (Lipinski definition) is 1. The first-order valence-electron chi connectivity index (χ1n) is 7.89. The first-order valence-corrected chi connectivity index (χ1v) is 7.89. The highest BCUT2D eigenvalue weighted by Crippen LogP contribution is 2.30. The van der Waals surface area contributed by atoms with E-state index in [9.17, 15) is 0 Å². The molecule has 0 N–H and O–H groups in total. The second-order valence-electron chi connectivity index (χ2n) is 5.91. The summed E-state index contributed by atoms with van der Waals surface area (Å²) in [6, 6.07) is 0. The largest absolute Gasteiger partial charge is 0.375 e. The molecule has 0 aromatic carbocycles. The molecule has 1 aliphatic rings. The Morgan fingerprint density at radius 1 is 0.882 bits per heavy atom. The molecule has 1 rings (SSSR count). The zero-order valence-electron chi connectivity index (χ0n) is 12.2. The summed E-state index contributed by atoms with van der Waals surface area (Å²) in [5.41, 5.74) is 0. The summed E-state index contributed by atoms with van der Waals surface area (Å²) in [6.45, 7) is 6.75. The van der Waals surface area contributed by atoms with Gasteiger partial charge in [-0.1, -0.05) is 58.3 Å². The predicted molar refractivity (Wildman–Crippen MR) is 75.3 cm³/mol. The molecule has 1 heteroatoms. The number of hydrogen-bond donors (Lipinski definition) is 0. The van der Waals surface area contributed by atoms with Crippen LogP contribution in [0.25, 0.3) is 0 Å². The van der Waals surface area contributed by atoms with E-state index in [1.54, 1.807) is 0 Å². The Morgan fingerprint density at radius 2 is 1.47 bits per heavy atom. The van der Waals surface area contributed by atoms with Crippen molar-refractivity contribution in [3.63, 3.8) is 0 Å². The topological polar surface area (TPSA) is 9.23 Å². The van der Waals surface area contributed by atoms with Gasteiger partial charge in [-0.2, -0.15) is 0 Å². The van der Waals surface area contributed by atoms with Gasteiger partial charge in [0.1, 0.15) is 0 Å². The average molecular weight is 240 g/mol. The Morgan fingerprint density at radius 3 is 2.00 bits per heavy atom. The Labute approximate surface area is 108 Å². The first-order chi connectivity index (χ1) is 8.24. The van der Waals surface area contributed by atoms with Crippen LogP contribution in [0.2, 0.25) is 0 Å². The molecule has 0 aromatic heterocycles. The lowest BCUT2D eigenvalue weighted by Gasteiger charge is -2.13. The van der Waals surface area contributed by atoms with Gasteiger partial charge in [0, 0.05) is 0 Å². The Hall–Kier alpha value is -0.0400. The normalized spacial score (nSPS) is 28.8. The minimum absolute atomic E-state index is 0.504. The van der Waals surface area contributed by atoms with Crippen molar-refractivity contribution in [2.45, 2.75) is 97.2 Å². The standard InChI is InChI=1S/C16H32O/c1-4-5-6-7-8-9-10-11-12-16-13-14(2)17-15(16)3/h14-16H,4-13H2,1-3H3. The van der Waals surface area contributed by atoms with E-state index in [2.05, 4.69) is 20.8 Å². The van der Waals surface area contributed by atoms with Crippen LogP contribution < -0.4 is 0 Å². The molecule has 0 aromatic rings. The van der Waals surface area contributed by atoms with Gasteiger partial charge in [-0.3, -0.25) is 0 Å². The van der Waals surface area contributed by atoms with Gasteiger partial charge in [0.15, 0.2) is 0 Å². The van der Waals surface area contributed by atoms with Crippen LogP contribution in [0.15, 0.2) is 0 Å². The third kappa shape index (κ3) is 6.45. The summed E-state index contributed by atoms with van der Waals surface area (Å²) in [5, 5.41) is 0. The van der Waals surface area contributed by atoms with Crippen LogP contribution in [0.1, 0.15) is 85.0 Å². The summed E-state index contributed by atoms with van der Waals surface area (Å²) in [7, 11) is 0. The molecule has 1 aliphatic heterocycles. The van der Waals surface area contributed by atoms with Crippen molar-refractivity contribution >= 4 is 0 Å². The quantitative estimate of drug-likeness (QED) is 0.495. The summed E-state index contributed by atoms with van der Waals surface area (Å²) in [4.78, 5) is 0. The van der Waals surface area contributed by atoms with Crippen LogP contribution in [-0.2, 0) is 4.74 Å². The fourth-order valence-electron chi connectivity index (χ4n) is 3.04. The summed E-state index contributed by atoms with van der Waals surface area (Å²) >= 11 is 0. The minimum Gasteiger partial charge on any atom is -0.375 e. The molecule has 0 radical (unpaired) electrons. The predicted octanol–water partition coefficient (Wildman–Crippen LogP) is 5.33. The second kappa shape index (κ2) is 8.97. The molecule has 0 amide bonds. The lowest BCUT2D eigenvalue weighted by atomic mass is 9.93. The van der Waals surface area contributed by atoms with E-state index in [0.717, 1.165) is 5.92 Å². The lowest BCUT2D eigenvalue weighted by molar-refractivity contribution is 0.0547. The fourth-order valence-corrected chi connectivity index (χ4v) is 3.04. The molecule has 1 heterocycles. The number of rotatable bonds is 9. The molecule has 1 nitrogen and oxygen atoms in total. The van der Waals surface area contributed by atoms with Gasteiger partial charge in [-0.05, 0) is 32.6 Å². The van der Waals surface area contributed by atoms with E-state index < -0.39 is 0 Å². The highest BCUT2D eigenvalue weighted by Gasteiger charge is 2.28. The molecule has 1 fully saturated rings. The van der Waals surface area contributed by atoms with Crippen LogP contribution in [0.5, 0.6) is 0 Å². The van der Waals surface area contributed by atoms with Crippen molar-refractivity contribution in [3.05, 3.63) is 0 Å². The third-order valence-electron chi connectivity index (χ3n) is 4.17. The van der Waals surface area contributed by atoms with Gasteiger partial charge in [0.05, 0.1) is 12.2 Å². The maximum atomic E-state index is 5.80. The van der Waals surface area contributed by atoms with Gasteiger partial charge in [-0.25, -0.2) is 0 Å². The highest BCUT2D eigenvalue weighted by atomic mass is 16.5. The Balaban J connectivity index is 1.87. The summed E-state index contributed by atoms with van der Waals surface area (Å²) < 4.78 is 5.80. The molecule has 3 unspecified atom stereocenters. The average Bonchev–Trinajstić information content (AvgIpc) is 2.61. The van der Waals surface area contributed by atoms with Crippen LogP contribution in [-0.4, -0.2) is 12.2 Å². The van der Waals surface area contributed by atoms with Gasteiger partial charge >= 0.3 is 0 Å². The van der Waals surface area contributed by atoms with E-state index >= 15 is 0 Å². The second-order valence-corrected chi connectivity index (χ2v) is 5.91. The van der Waals surface area contributed by atoms with Crippen molar-refractivity contribution in [1.82, 2.24) is 0 Å². The van der Waals surface area contributed by atoms with E-state index in [-0.39, 0.29) is 0 Å². The minimum atomic E-state index is 0.504. The molecule has 17 heavy (non-hydrogen) atoms. The molecule has 0 aliphatic carbocycles. The van der Waals surface area contributed by atoms with E-state index in [1.807, 2.05) is 0 Å². The lowest BCUT2D eigenvalue weighted by Crippen LogP contribution is -2.10. The van der Waals surface area contributed by atoms with Crippen LogP contribution in [0.3, 0.4) is 0 Å². The van der Waals surface area contributed by atoms with Gasteiger partial charge in [-0.15, -0.1) is 0 Å². The molecular formula is C16H32O. The maximum Gasteiger partial charge on any atom is 0.0579 e. The zero-order chi connectivity index (χ0) is 12.5. The highest BCUT2D eigenvalue weighted by molar-refractivity contribution is 4.77. The molecule has 0 bridgehead atoms. The molecule has 1 saturated heterocycles. The van der Waals surface area contributed by atoms with Crippen molar-refractivity contribution in [1.29, 1.82) is 0 Å². The van der Waals surface area contributed by atoms with E-state index in [1.165, 1.54) is 64.2 Å². The number of unbranched alkanes of at least 4 members (excludes halogenated alkanes) is 7. The van der Waals surface area contributed by atoms with Crippen molar-refractivity contribution < 1.29 is 4.74 Å². The Kier molecular flexibility index (Phi) is 7.92. The summed E-state index contributed by atoms with van der Waals surface area (Å²) in [5.74, 6) is 0.838. The van der Waals surface area contributed by atoms with Gasteiger partial charge in [0.2, 0.25) is 0 Å². The van der Waals surface area contributed by atoms with Crippen molar-refractivity contribution in [2.75, 3.05) is 0 Å². The SMILES string of the molecule is CCCCCCCCCCC1CC(C)OC1C. The molecule has 0 spiro atoms. The number of ether oxygens (including phenoxy) is 1. The monoisotopic (exact) mass is 240 g/mol. The van der Waals surface area contributed by atoms with Gasteiger partial charge < -0.3 is 4.74 Å². The van der Waals surface area contributed by atoms with Crippen LogP contribution in [0.4, 0.5) is 0 Å². The van der Waals surface area contributed by atoms with E-state index in [4.69, 9.17) is 4.74 Å². The smallest absolute Gasteiger partial charge is 0.0579 e. The van der Waals surface area contributed by atoms with Crippen molar-refractivity contribution in [3.8, 4) is 0 Å². The molecular weight excluding hydrogens is 208 g/mol.